The molecule has 0 atom stereocenters. The van der Waals surface area contributed by atoms with Gasteiger partial charge in [-0.25, -0.2) is 8.42 Å². The highest BCUT2D eigenvalue weighted by Crippen LogP contribution is 2.05. The summed E-state index contributed by atoms with van der Waals surface area (Å²) in [7, 11) is -3.16. The van der Waals surface area contributed by atoms with Crippen LogP contribution in [0.25, 0.3) is 0 Å². The molecule has 1 aromatic heterocycles. The molecule has 0 saturated carbocycles. The van der Waals surface area contributed by atoms with E-state index < -0.39 is 10.0 Å². The molecule has 0 radical (unpaired) electrons. The first-order valence-corrected chi connectivity index (χ1v) is 5.28. The second kappa shape index (κ2) is 3.57. The van der Waals surface area contributed by atoms with Crippen LogP contribution in [0.15, 0.2) is 12.4 Å². The van der Waals surface area contributed by atoms with Crippen molar-refractivity contribution >= 4 is 15.7 Å². The number of aromatic nitrogens is 2. The molecule has 0 fully saturated rings. The minimum atomic E-state index is -3.16. The maximum absolute atomic E-state index is 11.1. The van der Waals surface area contributed by atoms with Gasteiger partial charge in [0, 0.05) is 6.20 Å². The zero-order valence-corrected chi connectivity index (χ0v) is 7.56. The SMILES string of the molecule is CCCS(=O)(=O)Nc1cn[nH]c1. The van der Waals surface area contributed by atoms with Crippen LogP contribution in [0, 0.1) is 0 Å². The highest BCUT2D eigenvalue weighted by molar-refractivity contribution is 7.92. The van der Waals surface area contributed by atoms with E-state index in [1.807, 2.05) is 6.92 Å². The third-order valence-corrected chi connectivity index (χ3v) is 2.74. The number of nitrogens with zero attached hydrogens (tertiary/aromatic N) is 1. The number of aromatic amines is 1. The van der Waals surface area contributed by atoms with E-state index in [1.54, 1.807) is 0 Å². The number of hydrogen-bond acceptors (Lipinski definition) is 3. The van der Waals surface area contributed by atoms with Crippen molar-refractivity contribution < 1.29 is 8.42 Å². The molecular formula is C6H11N3O2S. The second-order valence-corrected chi connectivity index (χ2v) is 4.25. The smallest absolute Gasteiger partial charge is 0.232 e. The maximum Gasteiger partial charge on any atom is 0.232 e. The van der Waals surface area contributed by atoms with Gasteiger partial charge in [-0.05, 0) is 6.42 Å². The van der Waals surface area contributed by atoms with E-state index in [0.717, 1.165) is 0 Å². The Labute approximate surface area is 71.2 Å². The molecule has 0 saturated heterocycles. The number of nitrogens with one attached hydrogen (secondary N) is 2. The summed E-state index contributed by atoms with van der Waals surface area (Å²) < 4.78 is 24.7. The molecule has 0 spiro atoms. The second-order valence-electron chi connectivity index (χ2n) is 2.41. The van der Waals surface area contributed by atoms with Crippen molar-refractivity contribution in [3.8, 4) is 0 Å². The average Bonchev–Trinajstić information content (AvgIpc) is 2.38. The molecule has 0 aliphatic carbocycles. The molecule has 6 heteroatoms. The Balaban J connectivity index is 2.63. The van der Waals surface area contributed by atoms with Crippen LogP contribution in [0.4, 0.5) is 5.69 Å². The van der Waals surface area contributed by atoms with Crippen molar-refractivity contribution in [2.45, 2.75) is 13.3 Å². The fourth-order valence-corrected chi connectivity index (χ4v) is 1.92. The standard InChI is InChI=1S/C6H11N3O2S/c1-2-3-12(10,11)9-6-4-7-8-5-6/h4-5,9H,2-3H2,1H3,(H,7,8). The first kappa shape index (κ1) is 9.05. The molecule has 12 heavy (non-hydrogen) atoms. The molecule has 0 aliphatic rings. The van der Waals surface area contributed by atoms with Gasteiger partial charge in [0.1, 0.15) is 0 Å². The van der Waals surface area contributed by atoms with E-state index in [4.69, 9.17) is 0 Å². The lowest BCUT2D eigenvalue weighted by Crippen LogP contribution is -2.15. The normalized spacial score (nSPS) is 11.4. The number of sulfonamides is 1. The van der Waals surface area contributed by atoms with Crippen LogP contribution in [-0.4, -0.2) is 24.4 Å². The largest absolute Gasteiger partial charge is 0.284 e. The lowest BCUT2D eigenvalue weighted by molar-refractivity contribution is 0.600. The van der Waals surface area contributed by atoms with Crippen LogP contribution in [-0.2, 0) is 10.0 Å². The van der Waals surface area contributed by atoms with Crippen molar-refractivity contribution in [2.24, 2.45) is 0 Å². The van der Waals surface area contributed by atoms with Gasteiger partial charge in [0.05, 0.1) is 17.6 Å². The van der Waals surface area contributed by atoms with Gasteiger partial charge in [0.15, 0.2) is 0 Å². The maximum atomic E-state index is 11.1. The molecule has 1 aromatic rings. The molecule has 0 amide bonds. The van der Waals surface area contributed by atoms with Gasteiger partial charge in [-0.2, -0.15) is 5.10 Å². The van der Waals surface area contributed by atoms with Crippen LogP contribution >= 0.6 is 0 Å². The molecule has 0 unspecified atom stereocenters. The highest BCUT2D eigenvalue weighted by Gasteiger charge is 2.08. The van der Waals surface area contributed by atoms with E-state index in [0.29, 0.717) is 12.1 Å². The van der Waals surface area contributed by atoms with Crippen LogP contribution in [0.3, 0.4) is 0 Å². The van der Waals surface area contributed by atoms with Crippen LogP contribution in [0.2, 0.25) is 0 Å². The summed E-state index contributed by atoms with van der Waals surface area (Å²) in [4.78, 5) is 0. The molecule has 2 N–H and O–H groups in total. The Hall–Kier alpha value is -1.04. The van der Waals surface area contributed by atoms with E-state index in [2.05, 4.69) is 14.9 Å². The molecular weight excluding hydrogens is 178 g/mol. The molecule has 5 nitrogen and oxygen atoms in total. The number of H-pyrrole nitrogens is 1. The summed E-state index contributed by atoms with van der Waals surface area (Å²) >= 11 is 0. The van der Waals surface area contributed by atoms with Crippen molar-refractivity contribution in [3.05, 3.63) is 12.4 Å². The van der Waals surface area contributed by atoms with Gasteiger partial charge in [-0.3, -0.25) is 9.82 Å². The van der Waals surface area contributed by atoms with Gasteiger partial charge in [0.2, 0.25) is 10.0 Å². The minimum Gasteiger partial charge on any atom is -0.284 e. The summed E-state index contributed by atoms with van der Waals surface area (Å²) in [6, 6.07) is 0. The Morgan fingerprint density at radius 3 is 2.92 bits per heavy atom. The van der Waals surface area contributed by atoms with Crippen LogP contribution < -0.4 is 4.72 Å². The van der Waals surface area contributed by atoms with Crippen LogP contribution in [0.1, 0.15) is 13.3 Å². The summed E-state index contributed by atoms with van der Waals surface area (Å²) in [5.74, 6) is 0.137. The molecule has 0 aliphatic heterocycles. The third kappa shape index (κ3) is 2.54. The fraction of sp³-hybridized carbons (Fsp3) is 0.500. The summed E-state index contributed by atoms with van der Waals surface area (Å²) in [5, 5.41) is 6.13. The third-order valence-electron chi connectivity index (χ3n) is 1.24. The fourth-order valence-electron chi connectivity index (χ4n) is 0.806. The number of rotatable bonds is 4. The lowest BCUT2D eigenvalue weighted by atomic mass is 10.6. The number of anilines is 1. The van der Waals surface area contributed by atoms with Gasteiger partial charge in [-0.1, -0.05) is 6.92 Å². The van der Waals surface area contributed by atoms with Crippen molar-refractivity contribution in [3.63, 3.8) is 0 Å². The Bertz CT molecular complexity index is 317. The predicted molar refractivity (Wildman–Crippen MR) is 46.3 cm³/mol. The van der Waals surface area contributed by atoms with E-state index in [1.165, 1.54) is 12.4 Å². The summed E-state index contributed by atoms with van der Waals surface area (Å²) in [6.07, 6.45) is 3.52. The predicted octanol–water partition coefficient (Wildman–Crippen LogP) is 0.561. The first-order valence-electron chi connectivity index (χ1n) is 3.63. The Kier molecular flexibility index (Phi) is 2.69. The molecule has 0 bridgehead atoms. The summed E-state index contributed by atoms with van der Waals surface area (Å²) in [6.45, 7) is 1.81. The first-order chi connectivity index (χ1) is 5.64. The van der Waals surface area contributed by atoms with Crippen molar-refractivity contribution in [1.82, 2.24) is 10.2 Å². The lowest BCUT2D eigenvalue weighted by Gasteiger charge is -2.02. The monoisotopic (exact) mass is 189 g/mol. The highest BCUT2D eigenvalue weighted by atomic mass is 32.2. The van der Waals surface area contributed by atoms with E-state index >= 15 is 0 Å². The zero-order chi connectivity index (χ0) is 9.03. The molecule has 1 heterocycles. The summed E-state index contributed by atoms with van der Waals surface area (Å²) in [5.41, 5.74) is 0.475. The Morgan fingerprint density at radius 2 is 2.42 bits per heavy atom. The van der Waals surface area contributed by atoms with E-state index in [9.17, 15) is 8.42 Å². The average molecular weight is 189 g/mol. The van der Waals surface area contributed by atoms with Gasteiger partial charge < -0.3 is 0 Å². The zero-order valence-electron chi connectivity index (χ0n) is 6.74. The molecule has 1 rings (SSSR count). The number of hydrogen-bond donors (Lipinski definition) is 2. The van der Waals surface area contributed by atoms with E-state index in [-0.39, 0.29) is 5.75 Å². The van der Waals surface area contributed by atoms with Crippen LogP contribution in [0.5, 0.6) is 0 Å². The molecule has 0 aromatic carbocycles. The van der Waals surface area contributed by atoms with Crippen molar-refractivity contribution in [2.75, 3.05) is 10.5 Å². The van der Waals surface area contributed by atoms with Crippen molar-refractivity contribution in [1.29, 1.82) is 0 Å². The molecule has 68 valence electrons. The Morgan fingerprint density at radius 1 is 1.67 bits per heavy atom. The van der Waals surface area contributed by atoms with Gasteiger partial charge in [-0.15, -0.1) is 0 Å². The van der Waals surface area contributed by atoms with Gasteiger partial charge >= 0.3 is 0 Å². The minimum absolute atomic E-state index is 0.137. The quantitative estimate of drug-likeness (QED) is 0.726. The van der Waals surface area contributed by atoms with Gasteiger partial charge in [0.25, 0.3) is 0 Å². The topological polar surface area (TPSA) is 74.8 Å².